The first kappa shape index (κ1) is 41.0. The topological polar surface area (TPSA) is 71.1 Å². The molecule has 0 aliphatic heterocycles. The first-order valence-corrected chi connectivity index (χ1v) is 16.1. The molecule has 0 heterocycles. The van der Waals surface area contributed by atoms with Crippen LogP contribution in [0.15, 0.2) is 72.8 Å². The smallest absolute Gasteiger partial charge is 0.460 e. The van der Waals surface area contributed by atoms with Gasteiger partial charge in [-0.15, -0.1) is 0 Å². The Morgan fingerprint density at radius 1 is 0.627 bits per heavy atom. The molecule has 0 aliphatic rings. The van der Waals surface area contributed by atoms with Crippen LogP contribution in [0.5, 0.6) is 17.2 Å². The van der Waals surface area contributed by atoms with Gasteiger partial charge in [0.25, 0.3) is 0 Å². The van der Waals surface area contributed by atoms with Crippen molar-refractivity contribution in [3.05, 3.63) is 78.4 Å². The summed E-state index contributed by atoms with van der Waals surface area (Å²) < 4.78 is 137. The van der Waals surface area contributed by atoms with Gasteiger partial charge in [0.2, 0.25) is 0 Å². The lowest BCUT2D eigenvalue weighted by molar-refractivity contribution is -0.390. The minimum Gasteiger partial charge on any atom is -0.494 e. The van der Waals surface area contributed by atoms with Crippen LogP contribution < -0.4 is 14.2 Å². The van der Waals surface area contributed by atoms with Crippen molar-refractivity contribution in [1.82, 2.24) is 0 Å². The van der Waals surface area contributed by atoms with Gasteiger partial charge in [-0.05, 0) is 92.3 Å². The molecule has 0 aromatic heterocycles. The highest BCUT2D eigenvalue weighted by Crippen LogP contribution is 2.53. The summed E-state index contributed by atoms with van der Waals surface area (Å²) in [5.41, 5.74) is 1.91. The SMILES string of the molecule is CCCCCCC(C)Oc1ccc(C(=O)Oc2ccc(-c3ccc(OCCCCOC(=O)C(F)(F)C(F)(F)C(F)(F)C(F)(F)F)cc3)cc2)cc1. The second-order valence-electron chi connectivity index (χ2n) is 11.7. The maximum atomic E-state index is 13.5. The number of hydrogen-bond donors (Lipinski definition) is 0. The molecule has 15 heteroatoms. The predicted octanol–water partition coefficient (Wildman–Crippen LogP) is 10.5. The molecule has 3 aromatic carbocycles. The summed E-state index contributed by atoms with van der Waals surface area (Å²) in [7, 11) is 0. The van der Waals surface area contributed by atoms with E-state index in [1.54, 1.807) is 72.8 Å². The number of alkyl halides is 9. The summed E-state index contributed by atoms with van der Waals surface area (Å²) in [6.45, 7) is 3.15. The van der Waals surface area contributed by atoms with Crippen LogP contribution in [0, 0.1) is 0 Å². The normalized spacial score (nSPS) is 13.0. The van der Waals surface area contributed by atoms with Crippen LogP contribution in [0.2, 0.25) is 0 Å². The monoisotopic (exact) mass is 736 g/mol. The molecule has 0 saturated heterocycles. The van der Waals surface area contributed by atoms with E-state index >= 15 is 0 Å². The van der Waals surface area contributed by atoms with Crippen molar-refractivity contribution in [3.8, 4) is 28.4 Å². The molecule has 3 rings (SSSR count). The van der Waals surface area contributed by atoms with Crippen LogP contribution in [-0.2, 0) is 9.53 Å². The second-order valence-corrected chi connectivity index (χ2v) is 11.7. The standard InChI is InChI=1S/C36H37F9O6/c1-3-4-5-6-9-24(2)50-29-20-14-27(15-21-29)31(46)51-30-18-12-26(13-19-30)25-10-16-28(17-11-25)48-22-7-8-23-49-32(47)33(37,38)34(39,40)35(41,42)36(43,44)45/h10-21,24H,3-9,22-23H2,1-2H3. The maximum absolute atomic E-state index is 13.5. The Bertz CT molecular complexity index is 1540. The summed E-state index contributed by atoms with van der Waals surface area (Å²) >= 11 is 0. The third-order valence-corrected chi connectivity index (χ3v) is 7.59. The summed E-state index contributed by atoms with van der Waals surface area (Å²) in [6, 6.07) is 20.1. The molecular weight excluding hydrogens is 699 g/mol. The largest absolute Gasteiger partial charge is 0.494 e. The number of unbranched alkanes of at least 4 members (excludes halogenated alkanes) is 4. The molecule has 0 amide bonds. The van der Waals surface area contributed by atoms with E-state index in [-0.39, 0.29) is 25.6 Å². The van der Waals surface area contributed by atoms with E-state index in [2.05, 4.69) is 11.7 Å². The lowest BCUT2D eigenvalue weighted by Gasteiger charge is -2.32. The molecule has 0 radical (unpaired) electrons. The fraction of sp³-hybridized carbons (Fsp3) is 0.444. The van der Waals surface area contributed by atoms with Crippen molar-refractivity contribution in [2.45, 2.75) is 88.8 Å². The Kier molecular flexibility index (Phi) is 14.2. The van der Waals surface area contributed by atoms with Crippen molar-refractivity contribution in [3.63, 3.8) is 0 Å². The molecule has 1 atom stereocenters. The van der Waals surface area contributed by atoms with Gasteiger partial charge in [0.15, 0.2) is 0 Å². The fourth-order valence-electron chi connectivity index (χ4n) is 4.60. The lowest BCUT2D eigenvalue weighted by atomic mass is 10.0. The van der Waals surface area contributed by atoms with Crippen LogP contribution >= 0.6 is 0 Å². The van der Waals surface area contributed by atoms with Crippen LogP contribution in [0.1, 0.15) is 69.2 Å². The van der Waals surface area contributed by atoms with Crippen molar-refractivity contribution < 1.29 is 68.1 Å². The number of esters is 2. The molecule has 1 unspecified atom stereocenters. The third kappa shape index (κ3) is 10.8. The number of rotatable bonds is 19. The van der Waals surface area contributed by atoms with E-state index < -0.39 is 42.5 Å². The average molecular weight is 737 g/mol. The molecule has 0 fully saturated rings. The van der Waals surface area contributed by atoms with Gasteiger partial charge in [-0.3, -0.25) is 0 Å². The van der Waals surface area contributed by atoms with Gasteiger partial charge in [-0.2, -0.15) is 39.5 Å². The predicted molar refractivity (Wildman–Crippen MR) is 169 cm³/mol. The molecule has 280 valence electrons. The quantitative estimate of drug-likeness (QED) is 0.0528. The van der Waals surface area contributed by atoms with E-state index in [1.165, 1.54) is 19.3 Å². The van der Waals surface area contributed by atoms with Gasteiger partial charge in [-0.25, -0.2) is 9.59 Å². The summed E-state index contributed by atoms with van der Waals surface area (Å²) in [5.74, 6) is -23.1. The summed E-state index contributed by atoms with van der Waals surface area (Å²) in [5, 5.41) is 0. The molecular formula is C36H37F9O6. The van der Waals surface area contributed by atoms with E-state index in [0.717, 1.165) is 24.0 Å². The van der Waals surface area contributed by atoms with Crippen molar-refractivity contribution in [2.75, 3.05) is 13.2 Å². The van der Waals surface area contributed by atoms with E-state index in [4.69, 9.17) is 14.2 Å². The van der Waals surface area contributed by atoms with Crippen molar-refractivity contribution >= 4 is 11.9 Å². The van der Waals surface area contributed by atoms with Gasteiger partial charge < -0.3 is 18.9 Å². The van der Waals surface area contributed by atoms with Gasteiger partial charge in [0, 0.05) is 0 Å². The average Bonchev–Trinajstić information content (AvgIpc) is 3.08. The molecule has 6 nitrogen and oxygen atoms in total. The molecule has 0 N–H and O–H groups in total. The second kappa shape index (κ2) is 17.7. The van der Waals surface area contributed by atoms with Crippen molar-refractivity contribution in [1.29, 1.82) is 0 Å². The zero-order chi connectivity index (χ0) is 37.9. The number of ether oxygens (including phenoxy) is 4. The Balaban J connectivity index is 1.41. The Morgan fingerprint density at radius 2 is 1.16 bits per heavy atom. The van der Waals surface area contributed by atoms with E-state index in [1.807, 2.05) is 6.92 Å². The number of carbonyl (C=O) groups is 2. The van der Waals surface area contributed by atoms with Gasteiger partial charge in [-0.1, -0.05) is 50.5 Å². The fourth-order valence-corrected chi connectivity index (χ4v) is 4.60. The number of halogens is 9. The molecule has 0 spiro atoms. The highest BCUT2D eigenvalue weighted by Gasteiger charge is 2.84. The first-order chi connectivity index (χ1) is 23.9. The van der Waals surface area contributed by atoms with E-state index in [9.17, 15) is 49.1 Å². The third-order valence-electron chi connectivity index (χ3n) is 7.59. The van der Waals surface area contributed by atoms with Crippen LogP contribution in [0.3, 0.4) is 0 Å². The first-order valence-electron chi connectivity index (χ1n) is 16.1. The van der Waals surface area contributed by atoms with Gasteiger partial charge in [0.1, 0.15) is 17.2 Å². The maximum Gasteiger partial charge on any atom is 0.460 e. The number of carbonyl (C=O) groups excluding carboxylic acids is 2. The van der Waals surface area contributed by atoms with Crippen LogP contribution in [-0.4, -0.2) is 55.2 Å². The van der Waals surface area contributed by atoms with Crippen LogP contribution in [0.4, 0.5) is 39.5 Å². The van der Waals surface area contributed by atoms with Gasteiger partial charge in [0.05, 0.1) is 24.9 Å². The lowest BCUT2D eigenvalue weighted by Crippen LogP contribution is -2.63. The minimum absolute atomic E-state index is 0.0200. The summed E-state index contributed by atoms with van der Waals surface area (Å²) in [6.07, 6.45) is -1.62. The Labute approximate surface area is 288 Å². The van der Waals surface area contributed by atoms with E-state index in [0.29, 0.717) is 22.8 Å². The van der Waals surface area contributed by atoms with Gasteiger partial charge >= 0.3 is 35.9 Å². The molecule has 0 bridgehead atoms. The highest BCUT2D eigenvalue weighted by molar-refractivity contribution is 5.91. The molecule has 51 heavy (non-hydrogen) atoms. The molecule has 0 aliphatic carbocycles. The Hall–Kier alpha value is -4.43. The molecule has 3 aromatic rings. The van der Waals surface area contributed by atoms with Crippen LogP contribution in [0.25, 0.3) is 11.1 Å². The Morgan fingerprint density at radius 3 is 1.71 bits per heavy atom. The zero-order valence-corrected chi connectivity index (χ0v) is 27.7. The highest BCUT2D eigenvalue weighted by atomic mass is 19.4. The minimum atomic E-state index is -7.18. The zero-order valence-electron chi connectivity index (χ0n) is 27.7. The molecule has 0 saturated carbocycles. The number of hydrogen-bond acceptors (Lipinski definition) is 6. The van der Waals surface area contributed by atoms with Crippen molar-refractivity contribution in [2.24, 2.45) is 0 Å². The number of benzene rings is 3. The summed E-state index contributed by atoms with van der Waals surface area (Å²) in [4.78, 5) is 23.9.